The van der Waals surface area contributed by atoms with E-state index < -0.39 is 0 Å². The summed E-state index contributed by atoms with van der Waals surface area (Å²) in [7, 11) is 0. The molecular formula is C16H8BrClS. The Morgan fingerprint density at radius 1 is 0.947 bits per heavy atom. The quantitative estimate of drug-likeness (QED) is 0.335. The summed E-state index contributed by atoms with van der Waals surface area (Å²) >= 11 is 11.7. The van der Waals surface area contributed by atoms with Gasteiger partial charge in [0.2, 0.25) is 0 Å². The molecule has 1 aromatic heterocycles. The van der Waals surface area contributed by atoms with Crippen molar-refractivity contribution in [2.45, 2.75) is 0 Å². The Labute approximate surface area is 127 Å². The predicted molar refractivity (Wildman–Crippen MR) is 89.5 cm³/mol. The maximum absolute atomic E-state index is 6.41. The van der Waals surface area contributed by atoms with Crippen LogP contribution in [0.2, 0.25) is 5.02 Å². The first-order chi connectivity index (χ1) is 9.24. The molecule has 0 nitrogen and oxygen atoms in total. The SMILES string of the molecule is Clc1cc(Br)cc2sc3c4ccccc4ccc3c12. The van der Waals surface area contributed by atoms with Crippen LogP contribution in [0.4, 0.5) is 0 Å². The van der Waals surface area contributed by atoms with Gasteiger partial charge in [0, 0.05) is 24.6 Å². The van der Waals surface area contributed by atoms with Crippen molar-refractivity contribution in [1.82, 2.24) is 0 Å². The smallest absolute Gasteiger partial charge is 0.0510 e. The Kier molecular flexibility index (Phi) is 2.59. The fourth-order valence-corrected chi connectivity index (χ4v) is 4.97. The fourth-order valence-electron chi connectivity index (χ4n) is 2.55. The van der Waals surface area contributed by atoms with Gasteiger partial charge in [-0.3, -0.25) is 0 Å². The van der Waals surface area contributed by atoms with Crippen molar-refractivity contribution < 1.29 is 0 Å². The zero-order valence-corrected chi connectivity index (χ0v) is 12.9. The van der Waals surface area contributed by atoms with E-state index in [1.807, 2.05) is 6.07 Å². The molecule has 0 aliphatic rings. The minimum Gasteiger partial charge on any atom is -0.134 e. The number of hydrogen-bond acceptors (Lipinski definition) is 1. The predicted octanol–water partition coefficient (Wildman–Crippen LogP) is 6.62. The first kappa shape index (κ1) is 11.7. The molecule has 0 amide bonds. The van der Waals surface area contributed by atoms with Crippen molar-refractivity contribution >= 4 is 69.8 Å². The molecule has 3 heteroatoms. The number of rotatable bonds is 0. The van der Waals surface area contributed by atoms with Gasteiger partial charge in [0.15, 0.2) is 0 Å². The van der Waals surface area contributed by atoms with Crippen molar-refractivity contribution in [2.24, 2.45) is 0 Å². The average molecular weight is 348 g/mol. The van der Waals surface area contributed by atoms with Crippen molar-refractivity contribution in [2.75, 3.05) is 0 Å². The van der Waals surface area contributed by atoms with E-state index in [1.54, 1.807) is 11.3 Å². The number of hydrogen-bond donors (Lipinski definition) is 0. The highest BCUT2D eigenvalue weighted by molar-refractivity contribution is 9.10. The molecule has 0 N–H and O–H groups in total. The molecule has 0 unspecified atom stereocenters. The van der Waals surface area contributed by atoms with Gasteiger partial charge < -0.3 is 0 Å². The van der Waals surface area contributed by atoms with Gasteiger partial charge in [0.25, 0.3) is 0 Å². The van der Waals surface area contributed by atoms with Crippen LogP contribution < -0.4 is 0 Å². The second-order valence-corrected chi connectivity index (χ2v) is 6.90. The fraction of sp³-hybridized carbons (Fsp3) is 0. The van der Waals surface area contributed by atoms with Crippen LogP contribution >= 0.6 is 38.9 Å². The van der Waals surface area contributed by atoms with Crippen LogP contribution in [0, 0.1) is 0 Å². The Bertz CT molecular complexity index is 940. The standard InChI is InChI=1S/C16H8BrClS/c17-10-7-13(18)15-12-6-5-9-3-1-2-4-11(9)16(12)19-14(15)8-10/h1-8H. The molecule has 4 rings (SSSR count). The van der Waals surface area contributed by atoms with E-state index in [4.69, 9.17) is 11.6 Å². The van der Waals surface area contributed by atoms with Crippen LogP contribution in [-0.4, -0.2) is 0 Å². The van der Waals surface area contributed by atoms with Gasteiger partial charge in [0.05, 0.1) is 5.02 Å². The van der Waals surface area contributed by atoms with Crippen LogP contribution in [0.15, 0.2) is 53.0 Å². The van der Waals surface area contributed by atoms with Crippen LogP contribution in [0.3, 0.4) is 0 Å². The summed E-state index contributed by atoms with van der Waals surface area (Å²) < 4.78 is 3.57. The lowest BCUT2D eigenvalue weighted by atomic mass is 10.1. The van der Waals surface area contributed by atoms with Gasteiger partial charge in [-0.05, 0) is 22.9 Å². The molecule has 4 aromatic rings. The molecule has 92 valence electrons. The van der Waals surface area contributed by atoms with Crippen LogP contribution in [0.25, 0.3) is 30.9 Å². The number of benzene rings is 3. The highest BCUT2D eigenvalue weighted by atomic mass is 79.9. The van der Waals surface area contributed by atoms with Gasteiger partial charge in [-0.15, -0.1) is 11.3 Å². The Morgan fingerprint density at radius 3 is 2.68 bits per heavy atom. The van der Waals surface area contributed by atoms with E-state index in [2.05, 4.69) is 58.4 Å². The van der Waals surface area contributed by atoms with Gasteiger partial charge in [-0.25, -0.2) is 0 Å². The monoisotopic (exact) mass is 346 g/mol. The van der Waals surface area contributed by atoms with E-state index in [0.29, 0.717) is 0 Å². The molecular weight excluding hydrogens is 340 g/mol. The van der Waals surface area contributed by atoms with Crippen molar-refractivity contribution in [3.63, 3.8) is 0 Å². The molecule has 0 saturated heterocycles. The van der Waals surface area contributed by atoms with Crippen LogP contribution in [-0.2, 0) is 0 Å². The van der Waals surface area contributed by atoms with Crippen molar-refractivity contribution in [3.8, 4) is 0 Å². The summed E-state index contributed by atoms with van der Waals surface area (Å²) in [5.41, 5.74) is 0. The van der Waals surface area contributed by atoms with E-state index in [-0.39, 0.29) is 0 Å². The Balaban J connectivity index is 2.31. The molecule has 3 aromatic carbocycles. The minimum atomic E-state index is 0.811. The third kappa shape index (κ3) is 1.71. The summed E-state index contributed by atoms with van der Waals surface area (Å²) in [4.78, 5) is 0. The van der Waals surface area contributed by atoms with Gasteiger partial charge in [0.1, 0.15) is 0 Å². The Hall–Kier alpha value is -1.09. The van der Waals surface area contributed by atoms with E-state index >= 15 is 0 Å². The molecule has 0 atom stereocenters. The Morgan fingerprint density at radius 2 is 1.79 bits per heavy atom. The summed E-state index contributed by atoms with van der Waals surface area (Å²) in [6.45, 7) is 0. The number of fused-ring (bicyclic) bond motifs is 5. The largest absolute Gasteiger partial charge is 0.134 e. The molecule has 0 spiro atoms. The molecule has 19 heavy (non-hydrogen) atoms. The molecule has 0 bridgehead atoms. The number of thiophene rings is 1. The average Bonchev–Trinajstić information content (AvgIpc) is 2.77. The topological polar surface area (TPSA) is 0 Å². The van der Waals surface area contributed by atoms with Crippen molar-refractivity contribution in [1.29, 1.82) is 0 Å². The lowest BCUT2D eigenvalue weighted by Crippen LogP contribution is -1.73. The normalized spacial score (nSPS) is 11.7. The van der Waals surface area contributed by atoms with Gasteiger partial charge in [-0.2, -0.15) is 0 Å². The lowest BCUT2D eigenvalue weighted by molar-refractivity contribution is 1.77. The molecule has 1 heterocycles. The molecule has 0 aliphatic heterocycles. The third-order valence-electron chi connectivity index (χ3n) is 3.38. The molecule has 0 saturated carbocycles. The summed E-state index contributed by atoms with van der Waals surface area (Å²) in [5, 5.41) is 5.79. The van der Waals surface area contributed by atoms with Gasteiger partial charge >= 0.3 is 0 Å². The second-order valence-electron chi connectivity index (χ2n) is 4.53. The summed E-state index contributed by atoms with van der Waals surface area (Å²) in [5.74, 6) is 0. The maximum Gasteiger partial charge on any atom is 0.0510 e. The highest BCUT2D eigenvalue weighted by Gasteiger charge is 2.11. The van der Waals surface area contributed by atoms with Gasteiger partial charge in [-0.1, -0.05) is 63.9 Å². The first-order valence-corrected chi connectivity index (χ1v) is 7.92. The van der Waals surface area contributed by atoms with Crippen molar-refractivity contribution in [3.05, 3.63) is 58.0 Å². The second kappa shape index (κ2) is 4.20. The van der Waals surface area contributed by atoms with Crippen LogP contribution in [0.1, 0.15) is 0 Å². The summed E-state index contributed by atoms with van der Waals surface area (Å²) in [6, 6.07) is 16.9. The van der Waals surface area contributed by atoms with E-state index in [9.17, 15) is 0 Å². The molecule has 0 radical (unpaired) electrons. The first-order valence-electron chi connectivity index (χ1n) is 5.93. The minimum absolute atomic E-state index is 0.811. The van der Waals surface area contributed by atoms with Crippen LogP contribution in [0.5, 0.6) is 0 Å². The summed E-state index contributed by atoms with van der Waals surface area (Å²) in [6.07, 6.45) is 0. The zero-order valence-electron chi connectivity index (χ0n) is 9.78. The maximum atomic E-state index is 6.41. The zero-order chi connectivity index (χ0) is 13.0. The van der Waals surface area contributed by atoms with E-state index in [1.165, 1.54) is 25.6 Å². The number of halogens is 2. The molecule has 0 fully saturated rings. The highest BCUT2D eigenvalue weighted by Crippen LogP contribution is 2.42. The lowest BCUT2D eigenvalue weighted by Gasteiger charge is -1.99. The van der Waals surface area contributed by atoms with E-state index in [0.717, 1.165) is 14.9 Å². The molecule has 0 aliphatic carbocycles. The third-order valence-corrected chi connectivity index (χ3v) is 5.32.